The predicted molar refractivity (Wildman–Crippen MR) is 60.8 cm³/mol. The number of esters is 1. The zero-order valence-electron chi connectivity index (χ0n) is 10.7. The number of nitrogens with zero attached hydrogens (tertiary/aromatic N) is 1. The third-order valence-electron chi connectivity index (χ3n) is 2.71. The molecule has 0 saturated heterocycles. The normalized spacial score (nSPS) is 10.7. The molecule has 0 atom stereocenters. The molecule has 0 fully saturated rings. The summed E-state index contributed by atoms with van der Waals surface area (Å²) in [6.07, 6.45) is 0. The van der Waals surface area contributed by atoms with E-state index in [-0.39, 0.29) is 0 Å². The highest BCUT2D eigenvalue weighted by Crippen LogP contribution is 2.32. The van der Waals surface area contributed by atoms with Gasteiger partial charge in [0.15, 0.2) is 23.3 Å². The molecule has 0 amide bonds. The zero-order chi connectivity index (χ0) is 16.6. The molecule has 0 unspecified atom stereocenters. The van der Waals surface area contributed by atoms with E-state index in [1.165, 1.54) is 0 Å². The smallest absolute Gasteiger partial charge is 0.340 e. The molecule has 2 aromatic rings. The van der Waals surface area contributed by atoms with Crippen LogP contribution in [0.1, 0.15) is 10.4 Å². The summed E-state index contributed by atoms with van der Waals surface area (Å²) < 4.78 is 84.3. The van der Waals surface area contributed by atoms with E-state index in [1.54, 1.807) is 0 Å². The Labute approximate surface area is 119 Å². The van der Waals surface area contributed by atoms with Crippen molar-refractivity contribution < 1.29 is 35.9 Å². The van der Waals surface area contributed by atoms with Crippen molar-refractivity contribution in [1.29, 1.82) is 0 Å². The largest absolute Gasteiger partial charge is 0.465 e. The molecule has 9 heteroatoms. The summed E-state index contributed by atoms with van der Waals surface area (Å²) in [5, 5.41) is 0. The van der Waals surface area contributed by atoms with Crippen LogP contribution < -0.4 is 0 Å². The minimum atomic E-state index is -2.38. The highest BCUT2D eigenvalue weighted by molar-refractivity contribution is 5.96. The molecule has 0 N–H and O–H groups in total. The quantitative estimate of drug-likeness (QED) is 0.280. The number of rotatable bonds is 2. The van der Waals surface area contributed by atoms with E-state index < -0.39 is 57.8 Å². The monoisotopic (exact) mass is 321 g/mol. The van der Waals surface area contributed by atoms with E-state index in [1.807, 2.05) is 0 Å². The predicted octanol–water partition coefficient (Wildman–Crippen LogP) is 3.37. The standard InChI is InChI=1S/C13H5F6NO2/c1-22-13(21)4-2-3-5(14)20-12(4)6-7(15)9(17)11(19)10(18)8(6)16/h2-3H,1H3. The van der Waals surface area contributed by atoms with Gasteiger partial charge in [0, 0.05) is 0 Å². The van der Waals surface area contributed by atoms with Gasteiger partial charge in [0.1, 0.15) is 0 Å². The van der Waals surface area contributed by atoms with Gasteiger partial charge in [0.25, 0.3) is 0 Å². The van der Waals surface area contributed by atoms with Crippen LogP contribution in [0.3, 0.4) is 0 Å². The van der Waals surface area contributed by atoms with Crippen molar-refractivity contribution in [2.45, 2.75) is 0 Å². The lowest BCUT2D eigenvalue weighted by molar-refractivity contribution is 0.0601. The summed E-state index contributed by atoms with van der Waals surface area (Å²) in [6, 6.07) is 1.42. The Morgan fingerprint density at radius 2 is 1.41 bits per heavy atom. The molecule has 0 spiro atoms. The molecule has 1 heterocycles. The van der Waals surface area contributed by atoms with Gasteiger partial charge in [0.2, 0.25) is 11.8 Å². The van der Waals surface area contributed by atoms with E-state index in [4.69, 9.17) is 0 Å². The number of benzene rings is 1. The maximum Gasteiger partial charge on any atom is 0.340 e. The van der Waals surface area contributed by atoms with Crippen molar-refractivity contribution in [3.63, 3.8) is 0 Å². The van der Waals surface area contributed by atoms with Crippen LogP contribution in [0.5, 0.6) is 0 Å². The van der Waals surface area contributed by atoms with Gasteiger partial charge in [-0.1, -0.05) is 0 Å². The van der Waals surface area contributed by atoms with Crippen LogP contribution in [0, 0.1) is 35.0 Å². The molecule has 0 radical (unpaired) electrons. The summed E-state index contributed by atoms with van der Waals surface area (Å²) in [4.78, 5) is 14.5. The number of methoxy groups -OCH3 is 1. The molecule has 0 aliphatic heterocycles. The molecule has 22 heavy (non-hydrogen) atoms. The van der Waals surface area contributed by atoms with Gasteiger partial charge in [-0.05, 0) is 12.1 Å². The molecule has 1 aromatic carbocycles. The van der Waals surface area contributed by atoms with E-state index in [9.17, 15) is 31.1 Å². The highest BCUT2D eigenvalue weighted by atomic mass is 19.2. The molecule has 2 rings (SSSR count). The summed E-state index contributed by atoms with van der Waals surface area (Å²) in [5.41, 5.74) is -3.23. The number of hydrogen-bond acceptors (Lipinski definition) is 3. The van der Waals surface area contributed by atoms with Crippen LogP contribution in [0.2, 0.25) is 0 Å². The number of carbonyl (C=O) groups is 1. The van der Waals surface area contributed by atoms with E-state index >= 15 is 0 Å². The lowest BCUT2D eigenvalue weighted by Crippen LogP contribution is -2.10. The zero-order valence-corrected chi connectivity index (χ0v) is 10.7. The van der Waals surface area contributed by atoms with Gasteiger partial charge in [-0.3, -0.25) is 0 Å². The van der Waals surface area contributed by atoms with Crippen molar-refractivity contribution in [3.8, 4) is 11.3 Å². The average molecular weight is 321 g/mol. The molecular weight excluding hydrogens is 316 g/mol. The second-order valence-corrected chi connectivity index (χ2v) is 3.97. The Hall–Kier alpha value is -2.58. The summed E-state index contributed by atoms with van der Waals surface area (Å²) >= 11 is 0. The first-order valence-electron chi connectivity index (χ1n) is 5.56. The van der Waals surface area contributed by atoms with E-state index in [0.717, 1.165) is 13.2 Å². The molecular formula is C13H5F6NO2. The van der Waals surface area contributed by atoms with E-state index in [2.05, 4.69) is 9.72 Å². The first-order valence-corrected chi connectivity index (χ1v) is 5.56. The number of ether oxygens (including phenoxy) is 1. The molecule has 1 aromatic heterocycles. The van der Waals surface area contributed by atoms with Crippen LogP contribution in [-0.2, 0) is 4.74 Å². The number of pyridine rings is 1. The fraction of sp³-hybridized carbons (Fsp3) is 0.0769. The molecule has 0 bridgehead atoms. The Morgan fingerprint density at radius 3 is 1.91 bits per heavy atom. The maximum atomic E-state index is 13.7. The Kier molecular flexibility index (Phi) is 4.07. The Balaban J connectivity index is 2.88. The highest BCUT2D eigenvalue weighted by Gasteiger charge is 2.30. The molecule has 3 nitrogen and oxygen atoms in total. The van der Waals surface area contributed by atoms with Crippen molar-refractivity contribution in [2.24, 2.45) is 0 Å². The molecule has 0 aliphatic rings. The topological polar surface area (TPSA) is 39.2 Å². The summed E-state index contributed by atoms with van der Waals surface area (Å²) in [5.74, 6) is -13.8. The fourth-order valence-corrected chi connectivity index (χ4v) is 1.71. The maximum absolute atomic E-state index is 13.7. The third kappa shape index (κ3) is 2.38. The third-order valence-corrected chi connectivity index (χ3v) is 2.71. The number of halogens is 6. The molecule has 0 saturated carbocycles. The first kappa shape index (κ1) is 15.8. The second-order valence-electron chi connectivity index (χ2n) is 3.97. The van der Waals surface area contributed by atoms with Crippen LogP contribution >= 0.6 is 0 Å². The van der Waals surface area contributed by atoms with Crippen molar-refractivity contribution >= 4 is 5.97 Å². The van der Waals surface area contributed by atoms with Crippen molar-refractivity contribution in [2.75, 3.05) is 7.11 Å². The number of aromatic nitrogens is 1. The Morgan fingerprint density at radius 1 is 0.909 bits per heavy atom. The van der Waals surface area contributed by atoms with Crippen LogP contribution in [0.4, 0.5) is 26.3 Å². The van der Waals surface area contributed by atoms with Gasteiger partial charge in [-0.15, -0.1) is 0 Å². The SMILES string of the molecule is COC(=O)c1ccc(F)nc1-c1c(F)c(F)c(F)c(F)c1F. The fourth-order valence-electron chi connectivity index (χ4n) is 1.71. The van der Waals surface area contributed by atoms with Crippen molar-refractivity contribution in [1.82, 2.24) is 4.98 Å². The summed E-state index contributed by atoms with van der Waals surface area (Å²) in [7, 11) is 0.911. The van der Waals surface area contributed by atoms with Crippen LogP contribution in [-0.4, -0.2) is 18.1 Å². The van der Waals surface area contributed by atoms with Crippen LogP contribution in [0.15, 0.2) is 12.1 Å². The minimum absolute atomic E-state index is 0.660. The van der Waals surface area contributed by atoms with Gasteiger partial charge in [0.05, 0.1) is 23.9 Å². The van der Waals surface area contributed by atoms with Gasteiger partial charge in [-0.2, -0.15) is 4.39 Å². The minimum Gasteiger partial charge on any atom is -0.465 e. The number of carbonyl (C=O) groups excluding carboxylic acids is 1. The van der Waals surface area contributed by atoms with Gasteiger partial charge >= 0.3 is 5.97 Å². The molecule has 116 valence electrons. The van der Waals surface area contributed by atoms with Gasteiger partial charge < -0.3 is 4.74 Å². The summed E-state index contributed by atoms with van der Waals surface area (Å²) in [6.45, 7) is 0. The van der Waals surface area contributed by atoms with Crippen LogP contribution in [0.25, 0.3) is 11.3 Å². The lowest BCUT2D eigenvalue weighted by Gasteiger charge is -2.11. The van der Waals surface area contributed by atoms with E-state index in [0.29, 0.717) is 6.07 Å². The van der Waals surface area contributed by atoms with Crippen molar-refractivity contribution in [3.05, 3.63) is 52.7 Å². The van der Waals surface area contributed by atoms with Gasteiger partial charge in [-0.25, -0.2) is 31.7 Å². The molecule has 0 aliphatic carbocycles. The average Bonchev–Trinajstić information content (AvgIpc) is 2.50. The second kappa shape index (κ2) is 5.66. The Bertz CT molecular complexity index is 749. The number of hydrogen-bond donors (Lipinski definition) is 0. The first-order chi connectivity index (χ1) is 10.3. The lowest BCUT2D eigenvalue weighted by atomic mass is 10.0.